The molecule has 2 aliphatic rings. The van der Waals surface area contributed by atoms with Gasteiger partial charge in [-0.05, 0) is 49.9 Å². The van der Waals surface area contributed by atoms with E-state index in [2.05, 4.69) is 10.0 Å². The van der Waals surface area contributed by atoms with E-state index in [1.807, 2.05) is 44.2 Å². The average Bonchev–Trinajstić information content (AvgIpc) is 3.16. The van der Waals surface area contributed by atoms with Gasteiger partial charge in [-0.25, -0.2) is 13.8 Å². The SMILES string of the molecule is CCC(C(=O)N1N=C(c2cc(F)ccc2F)CC1(C)c1ccccc1)N1CCC(N)CC1. The summed E-state index contributed by atoms with van der Waals surface area (Å²) in [6, 6.07) is 12.8. The first kappa shape index (κ1) is 22.6. The number of hydrogen-bond acceptors (Lipinski definition) is 4. The number of halogens is 2. The van der Waals surface area contributed by atoms with Crippen molar-refractivity contribution in [3.63, 3.8) is 0 Å². The fourth-order valence-corrected chi connectivity index (χ4v) is 4.81. The molecule has 1 amide bonds. The Bertz CT molecular complexity index is 1000. The molecule has 0 spiro atoms. The Balaban J connectivity index is 1.73. The third-order valence-corrected chi connectivity index (χ3v) is 6.73. The zero-order valence-electron chi connectivity index (χ0n) is 18.6. The number of amides is 1. The zero-order chi connectivity index (χ0) is 22.9. The van der Waals surface area contributed by atoms with Gasteiger partial charge in [0.1, 0.15) is 11.6 Å². The molecule has 5 nitrogen and oxygen atoms in total. The number of nitrogens with two attached hydrogens (primary N) is 1. The van der Waals surface area contributed by atoms with Crippen LogP contribution >= 0.6 is 0 Å². The van der Waals surface area contributed by atoms with Gasteiger partial charge >= 0.3 is 0 Å². The molecule has 2 N–H and O–H groups in total. The van der Waals surface area contributed by atoms with Crippen LogP contribution in [-0.2, 0) is 10.3 Å². The van der Waals surface area contributed by atoms with Gasteiger partial charge in [-0.15, -0.1) is 0 Å². The van der Waals surface area contributed by atoms with Crippen molar-refractivity contribution in [2.45, 2.75) is 57.2 Å². The minimum absolute atomic E-state index is 0.0967. The number of likely N-dealkylation sites (tertiary alicyclic amines) is 1. The van der Waals surface area contributed by atoms with Crippen LogP contribution < -0.4 is 5.73 Å². The molecule has 32 heavy (non-hydrogen) atoms. The summed E-state index contributed by atoms with van der Waals surface area (Å²) in [7, 11) is 0. The number of hydrazone groups is 1. The van der Waals surface area contributed by atoms with E-state index in [-0.39, 0.29) is 23.6 Å². The number of rotatable bonds is 5. The molecule has 1 saturated heterocycles. The van der Waals surface area contributed by atoms with E-state index in [0.29, 0.717) is 18.6 Å². The minimum atomic E-state index is -0.800. The Labute approximate surface area is 187 Å². The highest BCUT2D eigenvalue weighted by atomic mass is 19.1. The van der Waals surface area contributed by atoms with E-state index in [1.165, 1.54) is 5.01 Å². The fourth-order valence-electron chi connectivity index (χ4n) is 4.81. The molecule has 0 bridgehead atoms. The summed E-state index contributed by atoms with van der Waals surface area (Å²) in [6.07, 6.45) is 2.63. The molecule has 2 atom stereocenters. The maximum absolute atomic E-state index is 14.6. The maximum atomic E-state index is 14.6. The van der Waals surface area contributed by atoms with E-state index in [1.54, 1.807) is 0 Å². The summed E-state index contributed by atoms with van der Waals surface area (Å²) < 4.78 is 28.5. The molecule has 2 heterocycles. The van der Waals surface area contributed by atoms with E-state index in [9.17, 15) is 13.6 Å². The number of carbonyl (C=O) groups is 1. The molecule has 2 aromatic carbocycles. The Morgan fingerprint density at radius 1 is 1.19 bits per heavy atom. The lowest BCUT2D eigenvalue weighted by molar-refractivity contribution is -0.143. The third-order valence-electron chi connectivity index (χ3n) is 6.73. The first-order chi connectivity index (χ1) is 15.3. The van der Waals surface area contributed by atoms with Gasteiger partial charge in [0.2, 0.25) is 0 Å². The van der Waals surface area contributed by atoms with E-state index in [4.69, 9.17) is 5.73 Å². The molecule has 7 heteroatoms. The number of benzene rings is 2. The second-order valence-electron chi connectivity index (χ2n) is 8.94. The summed E-state index contributed by atoms with van der Waals surface area (Å²) in [5.74, 6) is -1.21. The van der Waals surface area contributed by atoms with Crippen LogP contribution in [-0.4, -0.2) is 46.7 Å². The van der Waals surface area contributed by atoms with Gasteiger partial charge in [0.15, 0.2) is 0 Å². The number of nitrogens with zero attached hydrogens (tertiary/aromatic N) is 3. The molecule has 0 saturated carbocycles. The fraction of sp³-hybridized carbons (Fsp3) is 0.440. The number of carbonyl (C=O) groups excluding carboxylic acids is 1. The van der Waals surface area contributed by atoms with Crippen molar-refractivity contribution in [2.24, 2.45) is 10.8 Å². The van der Waals surface area contributed by atoms with Gasteiger partial charge in [-0.1, -0.05) is 37.3 Å². The van der Waals surface area contributed by atoms with Crippen LogP contribution in [0.5, 0.6) is 0 Å². The minimum Gasteiger partial charge on any atom is -0.328 e. The molecule has 170 valence electrons. The van der Waals surface area contributed by atoms with Crippen LogP contribution in [0.15, 0.2) is 53.6 Å². The van der Waals surface area contributed by atoms with Crippen molar-refractivity contribution in [3.8, 4) is 0 Å². The second-order valence-corrected chi connectivity index (χ2v) is 8.94. The van der Waals surface area contributed by atoms with Gasteiger partial charge in [0.05, 0.1) is 17.3 Å². The highest BCUT2D eigenvalue weighted by Crippen LogP contribution is 2.40. The smallest absolute Gasteiger partial charge is 0.260 e. The second kappa shape index (κ2) is 9.08. The monoisotopic (exact) mass is 440 g/mol. The summed E-state index contributed by atoms with van der Waals surface area (Å²) >= 11 is 0. The summed E-state index contributed by atoms with van der Waals surface area (Å²) in [4.78, 5) is 16.0. The molecule has 0 aromatic heterocycles. The molecule has 2 aromatic rings. The van der Waals surface area contributed by atoms with Crippen molar-refractivity contribution in [2.75, 3.05) is 13.1 Å². The molecule has 4 rings (SSSR count). The van der Waals surface area contributed by atoms with Gasteiger partial charge < -0.3 is 5.73 Å². The van der Waals surface area contributed by atoms with Crippen molar-refractivity contribution >= 4 is 11.6 Å². The Morgan fingerprint density at radius 3 is 2.53 bits per heavy atom. The molecular formula is C25H30F2N4O. The zero-order valence-corrected chi connectivity index (χ0v) is 18.6. The number of hydrogen-bond donors (Lipinski definition) is 1. The largest absolute Gasteiger partial charge is 0.328 e. The first-order valence-electron chi connectivity index (χ1n) is 11.3. The van der Waals surface area contributed by atoms with E-state index in [0.717, 1.165) is 49.7 Å². The van der Waals surface area contributed by atoms with Crippen LogP contribution in [0.4, 0.5) is 8.78 Å². The van der Waals surface area contributed by atoms with Crippen molar-refractivity contribution in [1.29, 1.82) is 0 Å². The Kier molecular flexibility index (Phi) is 6.40. The molecule has 1 fully saturated rings. The van der Waals surface area contributed by atoms with Gasteiger partial charge in [0.25, 0.3) is 5.91 Å². The summed E-state index contributed by atoms with van der Waals surface area (Å²) in [6.45, 7) is 5.45. The first-order valence-corrected chi connectivity index (χ1v) is 11.3. The van der Waals surface area contributed by atoms with Crippen LogP contribution in [0, 0.1) is 11.6 Å². The summed E-state index contributed by atoms with van der Waals surface area (Å²) in [5.41, 5.74) is 6.63. The highest BCUT2D eigenvalue weighted by Gasteiger charge is 2.46. The topological polar surface area (TPSA) is 61.9 Å². The van der Waals surface area contributed by atoms with Crippen LogP contribution in [0.25, 0.3) is 0 Å². The quantitative estimate of drug-likeness (QED) is 0.764. The molecule has 2 unspecified atom stereocenters. The van der Waals surface area contributed by atoms with Crippen molar-refractivity contribution in [3.05, 3.63) is 71.3 Å². The van der Waals surface area contributed by atoms with E-state index >= 15 is 0 Å². The van der Waals surface area contributed by atoms with E-state index < -0.39 is 17.2 Å². The normalized spacial score (nSPS) is 23.3. The number of piperidine rings is 1. The van der Waals surface area contributed by atoms with Gasteiger partial charge in [0, 0.05) is 31.1 Å². The van der Waals surface area contributed by atoms with Gasteiger partial charge in [-0.3, -0.25) is 9.69 Å². The van der Waals surface area contributed by atoms with Crippen LogP contribution in [0.1, 0.15) is 50.7 Å². The van der Waals surface area contributed by atoms with Gasteiger partial charge in [-0.2, -0.15) is 5.10 Å². The highest BCUT2D eigenvalue weighted by molar-refractivity contribution is 6.04. The predicted molar refractivity (Wildman–Crippen MR) is 121 cm³/mol. The molecule has 2 aliphatic heterocycles. The summed E-state index contributed by atoms with van der Waals surface area (Å²) in [5, 5.41) is 6.12. The Morgan fingerprint density at radius 2 is 1.88 bits per heavy atom. The molecular weight excluding hydrogens is 410 g/mol. The van der Waals surface area contributed by atoms with Crippen LogP contribution in [0.3, 0.4) is 0 Å². The lowest BCUT2D eigenvalue weighted by atomic mass is 9.85. The standard InChI is InChI=1S/C25H30F2N4O/c1-3-23(30-13-11-19(28)12-14-30)24(32)31-25(2,17-7-5-4-6-8-17)16-22(29-31)20-15-18(26)9-10-21(20)27/h4-10,15,19,23H,3,11-14,16,28H2,1-2H3. The predicted octanol–water partition coefficient (Wildman–Crippen LogP) is 4.02. The van der Waals surface area contributed by atoms with Crippen LogP contribution in [0.2, 0.25) is 0 Å². The van der Waals surface area contributed by atoms with Crippen molar-refractivity contribution < 1.29 is 13.6 Å². The Hall–Kier alpha value is -2.64. The third kappa shape index (κ3) is 4.19. The molecule has 0 radical (unpaired) electrons. The average molecular weight is 441 g/mol. The lowest BCUT2D eigenvalue weighted by Gasteiger charge is -2.40. The lowest BCUT2D eigenvalue weighted by Crippen LogP contribution is -2.54. The maximum Gasteiger partial charge on any atom is 0.260 e. The van der Waals surface area contributed by atoms with Crippen molar-refractivity contribution in [1.82, 2.24) is 9.91 Å². The molecule has 0 aliphatic carbocycles.